The third-order valence-corrected chi connectivity index (χ3v) is 32.0. The number of hydrogen-bond donors (Lipinski definition) is 6. The Morgan fingerprint density at radius 3 is 0.885 bits per heavy atom. The van der Waals surface area contributed by atoms with Crippen molar-refractivity contribution in [2.75, 3.05) is 90.4 Å². The van der Waals surface area contributed by atoms with Crippen LogP contribution in [0.25, 0.3) is 0 Å². The molecular formula is C126H194N14O8. The van der Waals surface area contributed by atoms with E-state index < -0.39 is 0 Å². The minimum absolute atomic E-state index is 0.00582. The molecule has 4 aromatic rings. The maximum Gasteiger partial charge on any atom is 0.253 e. The maximum absolute atomic E-state index is 13.6. The van der Waals surface area contributed by atoms with Crippen LogP contribution in [-0.2, 0) is 44.8 Å². The highest BCUT2D eigenvalue weighted by atomic mass is 16.2. The molecule has 8 aliphatic rings. The molecule has 22 heteroatoms. The molecular weight excluding hydrogens is 1840 g/mol. The first-order valence-corrected chi connectivity index (χ1v) is 55.0. The van der Waals surface area contributed by atoms with Gasteiger partial charge in [-0.3, -0.25) is 38.4 Å². The van der Waals surface area contributed by atoms with Gasteiger partial charge in [0.25, 0.3) is 29.5 Å². The van der Waals surface area contributed by atoms with Crippen LogP contribution in [0.4, 0.5) is 34.1 Å². The number of Topliss-reactive ketones (excluding diaryl/α,β-unsaturated/α-hetero) is 2. The summed E-state index contributed by atoms with van der Waals surface area (Å²) in [6, 6.07) is 29.2. The second kappa shape index (κ2) is 46.7. The molecule has 0 unspecified atom stereocenters. The lowest BCUT2D eigenvalue weighted by Crippen LogP contribution is -2.45. The van der Waals surface area contributed by atoms with E-state index in [0.29, 0.717) is 47.9 Å². The molecule has 0 aliphatic carbocycles. The number of benzene rings is 4. The number of unbranched alkanes of at least 4 members (excludes halogenated alkanes) is 4. The van der Waals surface area contributed by atoms with Crippen LogP contribution in [0.3, 0.4) is 0 Å². The molecule has 0 bridgehead atoms. The molecule has 0 aromatic heterocycles. The summed E-state index contributed by atoms with van der Waals surface area (Å²) in [6.45, 7) is 92.3. The number of hydrogen-bond acceptors (Lipinski definition) is 16. The summed E-state index contributed by atoms with van der Waals surface area (Å²) in [5, 5.41) is 18.6. The van der Waals surface area contributed by atoms with Crippen molar-refractivity contribution in [3.63, 3.8) is 0 Å². The molecule has 8 heterocycles. The van der Waals surface area contributed by atoms with Gasteiger partial charge in [-0.1, -0.05) is 172 Å². The van der Waals surface area contributed by atoms with Gasteiger partial charge in [0.1, 0.15) is 0 Å². The van der Waals surface area contributed by atoms with Crippen LogP contribution in [-0.4, -0.2) is 179 Å². The number of allylic oxidation sites excluding steroid dienone is 2. The van der Waals surface area contributed by atoms with Gasteiger partial charge in [0.15, 0.2) is 11.6 Å². The van der Waals surface area contributed by atoms with E-state index in [-0.39, 0.29) is 123 Å². The quantitative estimate of drug-likeness (QED) is 0.0358. The lowest BCUT2D eigenvalue weighted by Gasteiger charge is -2.43. The van der Waals surface area contributed by atoms with E-state index in [1.54, 1.807) is 0 Å². The second-order valence-electron chi connectivity index (χ2n) is 55.4. The average molecular weight is 2030 g/mol. The summed E-state index contributed by atoms with van der Waals surface area (Å²) in [4.78, 5) is 124. The van der Waals surface area contributed by atoms with E-state index in [1.807, 2.05) is 105 Å². The molecule has 6 amide bonds. The highest BCUT2D eigenvalue weighted by molar-refractivity contribution is 6.09. The van der Waals surface area contributed by atoms with Gasteiger partial charge in [-0.2, -0.15) is 0 Å². The number of nitrogens with zero attached hydrogens (tertiary/aromatic N) is 8. The molecule has 8 aliphatic heterocycles. The average Bonchev–Trinajstić information content (AvgIpc) is 0.802. The van der Waals surface area contributed by atoms with Crippen molar-refractivity contribution in [3.8, 4) is 0 Å². The zero-order valence-corrected chi connectivity index (χ0v) is 99.1. The summed E-state index contributed by atoms with van der Waals surface area (Å²) in [6.07, 6.45) is 30.1. The summed E-state index contributed by atoms with van der Waals surface area (Å²) >= 11 is 0. The molecule has 0 saturated heterocycles. The summed E-state index contributed by atoms with van der Waals surface area (Å²) in [7, 11) is 0. The van der Waals surface area contributed by atoms with Crippen molar-refractivity contribution >= 4 is 81.1 Å². The van der Waals surface area contributed by atoms with Crippen molar-refractivity contribution in [1.82, 2.24) is 39.6 Å². The monoisotopic (exact) mass is 2030 g/mol. The van der Waals surface area contributed by atoms with Crippen LogP contribution in [0.2, 0.25) is 0 Å². The highest BCUT2D eigenvalue weighted by Gasteiger charge is 2.45. The summed E-state index contributed by atoms with van der Waals surface area (Å²) < 4.78 is 0. The number of ketones is 2. The molecule has 22 nitrogen and oxygen atoms in total. The Balaban J connectivity index is 0.000000220. The molecule has 816 valence electrons. The predicted octanol–water partition coefficient (Wildman–Crippen LogP) is 27.2. The van der Waals surface area contributed by atoms with E-state index in [0.717, 1.165) is 203 Å². The van der Waals surface area contributed by atoms with Gasteiger partial charge in [0.2, 0.25) is 5.91 Å². The third kappa shape index (κ3) is 32.7. The fourth-order valence-corrected chi connectivity index (χ4v) is 20.0. The number of rotatable bonds is 24. The third-order valence-electron chi connectivity index (χ3n) is 32.0. The van der Waals surface area contributed by atoms with E-state index >= 15 is 0 Å². The zero-order valence-electron chi connectivity index (χ0n) is 99.1. The highest BCUT2D eigenvalue weighted by Crippen LogP contribution is 2.47. The molecule has 0 spiro atoms. The lowest BCUT2D eigenvalue weighted by atomic mass is 9.75. The molecule has 0 saturated carbocycles. The minimum atomic E-state index is -0.259. The minimum Gasteiger partial charge on any atom is -0.372 e. The van der Waals surface area contributed by atoms with E-state index in [9.17, 15) is 38.4 Å². The van der Waals surface area contributed by atoms with Crippen LogP contribution in [0.5, 0.6) is 0 Å². The fourth-order valence-electron chi connectivity index (χ4n) is 20.0. The lowest BCUT2D eigenvalue weighted by molar-refractivity contribution is -0.119. The number of carbonyl (C=O) groups excluding carboxylic acids is 8. The smallest absolute Gasteiger partial charge is 0.253 e. The van der Waals surface area contributed by atoms with E-state index in [4.69, 9.17) is 0 Å². The van der Waals surface area contributed by atoms with Crippen molar-refractivity contribution < 1.29 is 38.4 Å². The Bertz CT molecular complexity index is 5430. The number of amides is 6. The Kier molecular flexibility index (Phi) is 38.1. The van der Waals surface area contributed by atoms with Crippen molar-refractivity contribution in [3.05, 3.63) is 202 Å². The largest absolute Gasteiger partial charge is 0.372 e. The standard InChI is InChI=1S/C34H46N4O2.C31H47N3O2.C31H55N3O2.C30H46N4O2/c1-23-10-14-26(15-11-23)37-18-16-33(6,7)27(21-37)30(39)35-25-13-12-24(2)29(20-25)36-31(40)28-22-38(32(3,4)5)19-17-34(28,8)9;1-28(2,3)33-17-15-30(7,8)24(20-33)26(35)19-22-11-13-23(14-12-22)32-27(36)25-21-34(29(4,5)6)18-16-31(25,9)10;1-28(2,3)33-20-17-30(7,8)24(22-33)26(35)16-14-12-11-13-15-19-32-27(36)25-23-34(29(4,5)6)21-18-31(25,9)10;1-27(2,3)33-16-14-29(7,8)23(19-33)25(35)31-21-12-11-13-22(18-21)32-26(36)24-20-34(28(4,5)6)17-15-30(24,9)10/h10-15,20-22H,16-19H2,1-9H3,(H,35,39)(H,36,40);11-14,20-21H,15-19H2,1-10H3,(H,32,36);22-23H,11-21H2,1-10H3,(H,32,36);11-13,18-20H,14-17H2,1-10H3,(H,31,35)(H,32,36). The second-order valence-corrected chi connectivity index (χ2v) is 55.4. The SMILES string of the molecule is CC1(C)CCN(C(C)(C)C)C=C1C(=O)CCCCCCCNC(=O)C1=CN(C(C)(C)C)CCC1(C)C.CC1(C)CCN(C(C)(C)C)C=C1C(=O)Cc1ccc(NC(=O)C2=CN(C(C)(C)C)CCC2(C)C)cc1.CC1(C)CCN(C(C)(C)C)C=C1C(=O)Nc1cccc(NC(=O)C2=CN(C(C)(C)C)CCC2(C)C)c1.Cc1ccc(N2C=C(C(=O)Nc3ccc(C)c(NC(=O)C4=CN(C(C)(C)C)CCC4(C)C)c3)C(C)(C)CC2)cc1. The predicted molar refractivity (Wildman–Crippen MR) is 617 cm³/mol. The van der Waals surface area contributed by atoms with Gasteiger partial charge < -0.3 is 71.1 Å². The first kappa shape index (κ1) is 121. The maximum atomic E-state index is 13.6. The Morgan fingerprint density at radius 2 is 0.541 bits per heavy atom. The first-order valence-electron chi connectivity index (χ1n) is 55.0. The van der Waals surface area contributed by atoms with Crippen molar-refractivity contribution in [2.45, 2.75) is 405 Å². The normalized spacial score (nSPS) is 19.6. The molecule has 6 N–H and O–H groups in total. The van der Waals surface area contributed by atoms with Gasteiger partial charge in [-0.25, -0.2) is 0 Å². The summed E-state index contributed by atoms with van der Waals surface area (Å²) in [5.41, 5.74) is 12.8. The Hall–Kier alpha value is -10.6. The number of nitrogens with one attached hydrogen (secondary N) is 6. The van der Waals surface area contributed by atoms with Crippen LogP contribution >= 0.6 is 0 Å². The van der Waals surface area contributed by atoms with Crippen LogP contribution < -0.4 is 36.8 Å². The molecule has 0 atom stereocenters. The van der Waals surface area contributed by atoms with Gasteiger partial charge >= 0.3 is 0 Å². The topological polar surface area (TPSA) is 235 Å². The Morgan fingerprint density at radius 1 is 0.270 bits per heavy atom. The van der Waals surface area contributed by atoms with Gasteiger partial charge in [0, 0.05) is 239 Å². The molecule has 148 heavy (non-hydrogen) atoms. The summed E-state index contributed by atoms with van der Waals surface area (Å²) in [5.74, 6) is 0.0661. The first-order chi connectivity index (χ1) is 67.8. The van der Waals surface area contributed by atoms with E-state index in [2.05, 4.69) is 377 Å². The number of anilines is 6. The molecule has 12 rings (SSSR count). The van der Waals surface area contributed by atoms with Gasteiger partial charge in [0.05, 0.1) is 0 Å². The molecule has 4 aromatic carbocycles. The van der Waals surface area contributed by atoms with Gasteiger partial charge in [-0.15, -0.1) is 0 Å². The van der Waals surface area contributed by atoms with Crippen LogP contribution in [0, 0.1) is 57.2 Å². The number of carbonyl (C=O) groups is 8. The van der Waals surface area contributed by atoms with Gasteiger partial charge in [-0.05, 0) is 332 Å². The number of aryl methyl sites for hydroxylation is 2. The molecule has 0 fully saturated rings. The Labute approximate surface area is 894 Å². The van der Waals surface area contributed by atoms with Crippen molar-refractivity contribution in [2.24, 2.45) is 43.3 Å². The molecule has 0 radical (unpaired) electrons. The van der Waals surface area contributed by atoms with E-state index in [1.165, 1.54) is 5.56 Å². The zero-order chi connectivity index (χ0) is 111. The fraction of sp³-hybridized carbons (Fsp3) is 0.619. The van der Waals surface area contributed by atoms with Crippen LogP contribution in [0.15, 0.2) is 185 Å². The van der Waals surface area contributed by atoms with Crippen LogP contribution in [0.1, 0.15) is 363 Å². The van der Waals surface area contributed by atoms with Crippen molar-refractivity contribution in [1.29, 1.82) is 0 Å².